The highest BCUT2D eigenvalue weighted by Gasteiger charge is 2.13. The molecule has 2 aromatic heterocycles. The zero-order chi connectivity index (χ0) is 18.8. The van der Waals surface area contributed by atoms with Gasteiger partial charge in [0.2, 0.25) is 0 Å². The molecule has 0 atom stereocenters. The van der Waals surface area contributed by atoms with Gasteiger partial charge in [0.1, 0.15) is 0 Å². The number of benzene rings is 2. The number of unbranched alkanes of at least 4 members (excludes halogenated alkanes) is 3. The summed E-state index contributed by atoms with van der Waals surface area (Å²) in [6, 6.07) is 18.1. The van der Waals surface area contributed by atoms with Crippen LogP contribution in [0, 0.1) is 0 Å². The van der Waals surface area contributed by atoms with E-state index in [2.05, 4.69) is 82.9 Å². The molecule has 3 heteroatoms. The summed E-state index contributed by atoms with van der Waals surface area (Å²) in [6.45, 7) is 5.49. The molecule has 4 aromatic rings. The summed E-state index contributed by atoms with van der Waals surface area (Å²) in [5.41, 5.74) is 5.45. The third kappa shape index (κ3) is 3.60. The van der Waals surface area contributed by atoms with E-state index in [0.717, 1.165) is 6.54 Å². The number of aromatic nitrogens is 1. The second-order valence-electron chi connectivity index (χ2n) is 7.21. The molecule has 140 valence electrons. The number of rotatable bonds is 7. The second-order valence-corrected chi connectivity index (χ2v) is 9.58. The average Bonchev–Trinajstić information content (AvgIpc) is 3.22. The van der Waals surface area contributed by atoms with Gasteiger partial charge >= 0.3 is 0 Å². The highest BCUT2D eigenvalue weighted by molar-refractivity contribution is 9.11. The highest BCUT2D eigenvalue weighted by atomic mass is 79.9. The Morgan fingerprint density at radius 3 is 2.52 bits per heavy atom. The molecule has 2 heterocycles. The van der Waals surface area contributed by atoms with Crippen LogP contribution in [0.1, 0.15) is 45.1 Å². The first kappa shape index (κ1) is 18.8. The highest BCUT2D eigenvalue weighted by Crippen LogP contribution is 2.38. The lowest BCUT2D eigenvalue weighted by atomic mass is 10.1. The normalized spacial score (nSPS) is 11.7. The summed E-state index contributed by atoms with van der Waals surface area (Å²) in [4.78, 5) is 1.36. The summed E-state index contributed by atoms with van der Waals surface area (Å²) in [5.74, 6) is 0. The quantitative estimate of drug-likeness (QED) is 0.254. The number of hydrogen-bond donors (Lipinski definition) is 0. The Hall–Kier alpha value is -1.58. The van der Waals surface area contributed by atoms with Crippen molar-refractivity contribution in [3.05, 3.63) is 57.9 Å². The summed E-state index contributed by atoms with van der Waals surface area (Å²) in [5, 5.41) is 2.71. The number of nitrogens with zero attached hydrogens (tertiary/aromatic N) is 1. The number of para-hydroxylation sites is 1. The zero-order valence-corrected chi connectivity index (χ0v) is 18.5. The van der Waals surface area contributed by atoms with E-state index in [0.29, 0.717) is 0 Å². The molecule has 0 amide bonds. The first-order chi connectivity index (χ1) is 13.2. The van der Waals surface area contributed by atoms with Gasteiger partial charge in [0.05, 0.1) is 3.79 Å². The molecular weight excluding hydrogens is 414 g/mol. The molecule has 0 unspecified atom stereocenters. The third-order valence-electron chi connectivity index (χ3n) is 5.43. The summed E-state index contributed by atoms with van der Waals surface area (Å²) in [6.07, 6.45) is 6.42. The van der Waals surface area contributed by atoms with Crippen LogP contribution in [0.3, 0.4) is 0 Å². The number of aryl methyl sites for hydroxylation is 2. The van der Waals surface area contributed by atoms with Crippen LogP contribution in [0.5, 0.6) is 0 Å². The monoisotopic (exact) mass is 439 g/mol. The average molecular weight is 440 g/mol. The molecule has 4 rings (SSSR count). The maximum Gasteiger partial charge on any atom is 0.0737 e. The van der Waals surface area contributed by atoms with Gasteiger partial charge in [-0.2, -0.15) is 0 Å². The van der Waals surface area contributed by atoms with Crippen molar-refractivity contribution in [1.29, 1.82) is 0 Å². The minimum atomic E-state index is 0.996. The Bertz CT molecular complexity index is 1070. The van der Waals surface area contributed by atoms with Crippen molar-refractivity contribution in [3.8, 4) is 10.4 Å². The summed E-state index contributed by atoms with van der Waals surface area (Å²) in [7, 11) is 0. The van der Waals surface area contributed by atoms with E-state index in [1.54, 1.807) is 0 Å². The Kier molecular flexibility index (Phi) is 5.70. The van der Waals surface area contributed by atoms with Crippen LogP contribution >= 0.6 is 27.3 Å². The van der Waals surface area contributed by atoms with Gasteiger partial charge in [-0.15, -0.1) is 11.3 Å². The van der Waals surface area contributed by atoms with Crippen LogP contribution in [0.4, 0.5) is 0 Å². The molecule has 27 heavy (non-hydrogen) atoms. The SMILES string of the molecule is CCCCCCc1cc(-c2ccc3c(c2)c2ccccc2n3CC)sc1Br. The van der Waals surface area contributed by atoms with Gasteiger partial charge in [-0.05, 0) is 71.1 Å². The van der Waals surface area contributed by atoms with Crippen molar-refractivity contribution in [1.82, 2.24) is 4.57 Å². The number of hydrogen-bond acceptors (Lipinski definition) is 1. The van der Waals surface area contributed by atoms with Crippen LogP contribution in [0.15, 0.2) is 52.3 Å². The molecule has 0 aliphatic heterocycles. The Morgan fingerprint density at radius 2 is 1.70 bits per heavy atom. The van der Waals surface area contributed by atoms with E-state index in [1.165, 1.54) is 73.7 Å². The van der Waals surface area contributed by atoms with Crippen molar-refractivity contribution < 1.29 is 0 Å². The van der Waals surface area contributed by atoms with Crippen molar-refractivity contribution in [2.45, 2.75) is 52.5 Å². The predicted octanol–water partition coefficient (Wildman–Crippen LogP) is 8.43. The molecule has 0 spiro atoms. The topological polar surface area (TPSA) is 4.93 Å². The molecule has 0 N–H and O–H groups in total. The maximum absolute atomic E-state index is 3.80. The van der Waals surface area contributed by atoms with E-state index >= 15 is 0 Å². The fourth-order valence-electron chi connectivity index (χ4n) is 4.01. The van der Waals surface area contributed by atoms with Crippen LogP contribution in [0.2, 0.25) is 0 Å². The molecule has 0 aliphatic rings. The standard InChI is InChI=1S/C24H26BrNS/c1-3-5-6-7-10-18-16-23(27-24(18)25)17-13-14-22-20(15-17)19-11-8-9-12-21(19)26(22)4-2/h8-9,11-16H,3-7,10H2,1-2H3. The Labute approximate surface area is 174 Å². The third-order valence-corrected chi connectivity index (χ3v) is 7.44. The smallest absolute Gasteiger partial charge is 0.0737 e. The second kappa shape index (κ2) is 8.20. The molecule has 0 fully saturated rings. The molecule has 0 saturated heterocycles. The van der Waals surface area contributed by atoms with Crippen molar-refractivity contribution in [2.75, 3.05) is 0 Å². The molecule has 0 saturated carbocycles. The largest absolute Gasteiger partial charge is 0.341 e. The lowest BCUT2D eigenvalue weighted by molar-refractivity contribution is 0.667. The fourth-order valence-corrected chi connectivity index (χ4v) is 5.78. The molecular formula is C24H26BrNS. The van der Waals surface area contributed by atoms with Crippen LogP contribution in [0.25, 0.3) is 32.2 Å². The lowest BCUT2D eigenvalue weighted by Gasteiger charge is -2.03. The number of fused-ring (bicyclic) bond motifs is 3. The van der Waals surface area contributed by atoms with E-state index in [4.69, 9.17) is 0 Å². The first-order valence-corrected chi connectivity index (χ1v) is 11.6. The minimum Gasteiger partial charge on any atom is -0.341 e. The molecule has 2 aromatic carbocycles. The van der Waals surface area contributed by atoms with Crippen molar-refractivity contribution in [2.24, 2.45) is 0 Å². The first-order valence-electron chi connectivity index (χ1n) is 10.0. The zero-order valence-electron chi connectivity index (χ0n) is 16.1. The van der Waals surface area contributed by atoms with Gasteiger partial charge in [0.25, 0.3) is 0 Å². The van der Waals surface area contributed by atoms with E-state index in [9.17, 15) is 0 Å². The predicted molar refractivity (Wildman–Crippen MR) is 124 cm³/mol. The minimum absolute atomic E-state index is 0.996. The summed E-state index contributed by atoms with van der Waals surface area (Å²) < 4.78 is 3.71. The molecule has 1 nitrogen and oxygen atoms in total. The van der Waals surface area contributed by atoms with Gasteiger partial charge in [0, 0.05) is 33.2 Å². The van der Waals surface area contributed by atoms with Gasteiger partial charge in [-0.1, -0.05) is 50.5 Å². The molecule has 0 bridgehead atoms. The number of halogens is 1. The summed E-state index contributed by atoms with van der Waals surface area (Å²) >= 11 is 5.67. The van der Waals surface area contributed by atoms with E-state index in [1.807, 2.05) is 11.3 Å². The van der Waals surface area contributed by atoms with Gasteiger partial charge in [-0.3, -0.25) is 0 Å². The van der Waals surface area contributed by atoms with E-state index in [-0.39, 0.29) is 0 Å². The van der Waals surface area contributed by atoms with E-state index < -0.39 is 0 Å². The van der Waals surface area contributed by atoms with Crippen molar-refractivity contribution >= 4 is 49.1 Å². The Balaban J connectivity index is 1.71. The van der Waals surface area contributed by atoms with Gasteiger partial charge < -0.3 is 4.57 Å². The molecule has 0 radical (unpaired) electrons. The van der Waals surface area contributed by atoms with Crippen LogP contribution in [-0.2, 0) is 13.0 Å². The maximum atomic E-state index is 3.80. The van der Waals surface area contributed by atoms with Gasteiger partial charge in [-0.25, -0.2) is 0 Å². The van der Waals surface area contributed by atoms with Crippen LogP contribution < -0.4 is 0 Å². The molecule has 0 aliphatic carbocycles. The number of thiophene rings is 1. The fraction of sp³-hybridized carbons (Fsp3) is 0.333. The lowest BCUT2D eigenvalue weighted by Crippen LogP contribution is -1.92. The Morgan fingerprint density at radius 1 is 0.889 bits per heavy atom. The van der Waals surface area contributed by atoms with Gasteiger partial charge in [0.15, 0.2) is 0 Å². The van der Waals surface area contributed by atoms with Crippen LogP contribution in [-0.4, -0.2) is 4.57 Å². The van der Waals surface area contributed by atoms with Crippen molar-refractivity contribution in [3.63, 3.8) is 0 Å².